The third-order valence-electron chi connectivity index (χ3n) is 3.27. The number of aromatic nitrogens is 2. The number of fused-ring (bicyclic) bond motifs is 1. The number of hydrogen-bond acceptors (Lipinski definition) is 2. The number of imidazole rings is 1. The van der Waals surface area contributed by atoms with E-state index in [0.29, 0.717) is 0 Å². The normalized spacial score (nSPS) is 11.1. The highest BCUT2D eigenvalue weighted by atomic mass is 32.2. The van der Waals surface area contributed by atoms with Crippen molar-refractivity contribution in [3.8, 4) is 11.3 Å². The quantitative estimate of drug-likeness (QED) is 0.489. The Bertz CT molecular complexity index is 689. The van der Waals surface area contributed by atoms with E-state index < -0.39 is 0 Å². The second-order valence-corrected chi connectivity index (χ2v) is 5.85. The van der Waals surface area contributed by atoms with Crippen molar-refractivity contribution in [3.05, 3.63) is 54.7 Å². The molecule has 2 heterocycles. The molecule has 0 unspecified atom stereocenters. The first kappa shape index (κ1) is 13.3. The summed E-state index contributed by atoms with van der Waals surface area (Å²) in [5.41, 5.74) is 3.30. The summed E-state index contributed by atoms with van der Waals surface area (Å²) in [5, 5.41) is 1.25. The van der Waals surface area contributed by atoms with Gasteiger partial charge in [0.15, 0.2) is 0 Å². The molecule has 0 spiro atoms. The van der Waals surface area contributed by atoms with E-state index in [1.807, 2.05) is 23.9 Å². The van der Waals surface area contributed by atoms with E-state index in [9.17, 15) is 0 Å². The first-order chi connectivity index (χ1) is 9.90. The van der Waals surface area contributed by atoms with Gasteiger partial charge in [0, 0.05) is 11.8 Å². The van der Waals surface area contributed by atoms with Crippen LogP contribution in [0.3, 0.4) is 0 Å². The SMILES string of the molecule is CCCCSc1c(-c2ccccc2)nc2ccccn12. The molecule has 0 aliphatic carbocycles. The summed E-state index contributed by atoms with van der Waals surface area (Å²) in [6.07, 6.45) is 4.56. The van der Waals surface area contributed by atoms with Crippen LogP contribution in [0.25, 0.3) is 16.9 Å². The minimum Gasteiger partial charge on any atom is -0.294 e. The highest BCUT2D eigenvalue weighted by Gasteiger charge is 2.13. The Kier molecular flexibility index (Phi) is 4.07. The zero-order chi connectivity index (χ0) is 13.8. The predicted octanol–water partition coefficient (Wildman–Crippen LogP) is 4.89. The van der Waals surface area contributed by atoms with Gasteiger partial charge in [0.25, 0.3) is 0 Å². The summed E-state index contributed by atoms with van der Waals surface area (Å²) < 4.78 is 2.20. The van der Waals surface area contributed by atoms with Crippen LogP contribution < -0.4 is 0 Å². The minimum atomic E-state index is 1.02. The van der Waals surface area contributed by atoms with Crippen molar-refractivity contribution < 1.29 is 0 Å². The second-order valence-electron chi connectivity index (χ2n) is 4.76. The van der Waals surface area contributed by atoms with Crippen molar-refractivity contribution in [1.29, 1.82) is 0 Å². The first-order valence-corrected chi connectivity index (χ1v) is 8.04. The fourth-order valence-electron chi connectivity index (χ4n) is 2.21. The van der Waals surface area contributed by atoms with E-state index in [4.69, 9.17) is 4.98 Å². The third-order valence-corrected chi connectivity index (χ3v) is 4.43. The van der Waals surface area contributed by atoms with Crippen molar-refractivity contribution in [2.45, 2.75) is 24.8 Å². The number of thioether (sulfide) groups is 1. The Hall–Kier alpha value is -1.74. The standard InChI is InChI=1S/C17H18N2S/c1-2-3-13-20-17-16(14-9-5-4-6-10-14)18-15-11-7-8-12-19(15)17/h4-12H,2-3,13H2,1H3. The molecule has 20 heavy (non-hydrogen) atoms. The summed E-state index contributed by atoms with van der Waals surface area (Å²) in [7, 11) is 0. The number of unbranched alkanes of at least 4 members (excludes halogenated alkanes) is 1. The predicted molar refractivity (Wildman–Crippen MR) is 86.3 cm³/mol. The number of nitrogens with zero attached hydrogens (tertiary/aromatic N) is 2. The summed E-state index contributed by atoms with van der Waals surface area (Å²) in [5.74, 6) is 1.14. The lowest BCUT2D eigenvalue weighted by atomic mass is 10.2. The van der Waals surface area contributed by atoms with E-state index in [1.54, 1.807) is 0 Å². The van der Waals surface area contributed by atoms with Gasteiger partial charge in [-0.1, -0.05) is 49.7 Å². The highest BCUT2D eigenvalue weighted by Crippen LogP contribution is 2.32. The molecule has 102 valence electrons. The molecule has 2 nitrogen and oxygen atoms in total. The lowest BCUT2D eigenvalue weighted by Crippen LogP contribution is -1.88. The van der Waals surface area contributed by atoms with E-state index in [1.165, 1.54) is 23.4 Å². The highest BCUT2D eigenvalue weighted by molar-refractivity contribution is 7.99. The molecule has 0 bridgehead atoms. The maximum atomic E-state index is 4.80. The van der Waals surface area contributed by atoms with Gasteiger partial charge in [0.1, 0.15) is 16.4 Å². The van der Waals surface area contributed by atoms with E-state index >= 15 is 0 Å². The smallest absolute Gasteiger partial charge is 0.138 e. The van der Waals surface area contributed by atoms with Gasteiger partial charge in [-0.25, -0.2) is 4.98 Å². The molecule has 3 rings (SSSR count). The van der Waals surface area contributed by atoms with Crippen molar-refractivity contribution in [2.24, 2.45) is 0 Å². The molecule has 0 radical (unpaired) electrons. The van der Waals surface area contributed by atoms with E-state index in [0.717, 1.165) is 17.1 Å². The zero-order valence-electron chi connectivity index (χ0n) is 11.6. The minimum absolute atomic E-state index is 1.02. The van der Waals surface area contributed by atoms with Crippen LogP contribution in [0.15, 0.2) is 59.8 Å². The average molecular weight is 282 g/mol. The second kappa shape index (κ2) is 6.14. The number of benzene rings is 1. The Balaban J connectivity index is 2.08. The molecular weight excluding hydrogens is 264 g/mol. The third kappa shape index (κ3) is 2.59. The zero-order valence-corrected chi connectivity index (χ0v) is 12.4. The molecule has 0 fully saturated rings. The summed E-state index contributed by atoms with van der Waals surface area (Å²) >= 11 is 1.90. The van der Waals surface area contributed by atoms with Crippen LogP contribution >= 0.6 is 11.8 Å². The van der Waals surface area contributed by atoms with Crippen molar-refractivity contribution >= 4 is 17.4 Å². The van der Waals surface area contributed by atoms with Crippen LogP contribution in [0.4, 0.5) is 0 Å². The molecule has 3 heteroatoms. The van der Waals surface area contributed by atoms with Crippen LogP contribution in [-0.4, -0.2) is 15.1 Å². The molecule has 0 amide bonds. The van der Waals surface area contributed by atoms with E-state index in [2.05, 4.69) is 53.9 Å². The maximum Gasteiger partial charge on any atom is 0.138 e. The Morgan fingerprint density at radius 3 is 2.65 bits per heavy atom. The van der Waals surface area contributed by atoms with Gasteiger partial charge in [0.2, 0.25) is 0 Å². The Morgan fingerprint density at radius 2 is 1.85 bits per heavy atom. The number of hydrogen-bond donors (Lipinski definition) is 0. The van der Waals surface area contributed by atoms with Gasteiger partial charge in [0.05, 0.1) is 0 Å². The molecule has 0 aliphatic heterocycles. The summed E-state index contributed by atoms with van der Waals surface area (Å²) in [6, 6.07) is 16.6. The molecule has 0 saturated carbocycles. The lowest BCUT2D eigenvalue weighted by Gasteiger charge is -2.04. The lowest BCUT2D eigenvalue weighted by molar-refractivity contribution is 0.893. The van der Waals surface area contributed by atoms with Gasteiger partial charge >= 0.3 is 0 Å². The average Bonchev–Trinajstić information content (AvgIpc) is 2.87. The van der Waals surface area contributed by atoms with Crippen molar-refractivity contribution in [1.82, 2.24) is 9.38 Å². The van der Waals surface area contributed by atoms with Crippen LogP contribution in [0.1, 0.15) is 19.8 Å². The van der Waals surface area contributed by atoms with Gasteiger partial charge < -0.3 is 0 Å². The molecule has 2 aromatic heterocycles. The number of rotatable bonds is 5. The van der Waals surface area contributed by atoms with Crippen LogP contribution in [-0.2, 0) is 0 Å². The summed E-state index contributed by atoms with van der Waals surface area (Å²) in [6.45, 7) is 2.23. The van der Waals surface area contributed by atoms with Crippen LogP contribution in [0.5, 0.6) is 0 Å². The fourth-order valence-corrected chi connectivity index (χ4v) is 3.43. The van der Waals surface area contributed by atoms with E-state index in [-0.39, 0.29) is 0 Å². The molecule has 0 N–H and O–H groups in total. The van der Waals surface area contributed by atoms with Crippen LogP contribution in [0.2, 0.25) is 0 Å². The molecule has 3 aromatic rings. The fraction of sp³-hybridized carbons (Fsp3) is 0.235. The molecule has 0 aliphatic rings. The van der Waals surface area contributed by atoms with Crippen LogP contribution in [0, 0.1) is 0 Å². The molecule has 0 saturated heterocycles. The molecule has 0 atom stereocenters. The van der Waals surface area contributed by atoms with Crippen molar-refractivity contribution in [3.63, 3.8) is 0 Å². The number of pyridine rings is 1. The molecule has 1 aromatic carbocycles. The van der Waals surface area contributed by atoms with Crippen molar-refractivity contribution in [2.75, 3.05) is 5.75 Å². The Morgan fingerprint density at radius 1 is 1.05 bits per heavy atom. The Labute approximate surface area is 123 Å². The maximum absolute atomic E-state index is 4.80. The van der Waals surface area contributed by atoms with Gasteiger partial charge in [-0.2, -0.15) is 0 Å². The summed E-state index contributed by atoms with van der Waals surface area (Å²) in [4.78, 5) is 4.80. The first-order valence-electron chi connectivity index (χ1n) is 7.05. The monoisotopic (exact) mass is 282 g/mol. The molecular formula is C17H18N2S. The van der Waals surface area contributed by atoms with Gasteiger partial charge in [-0.15, -0.1) is 11.8 Å². The van der Waals surface area contributed by atoms with Gasteiger partial charge in [-0.3, -0.25) is 4.40 Å². The topological polar surface area (TPSA) is 17.3 Å². The van der Waals surface area contributed by atoms with Gasteiger partial charge in [-0.05, 0) is 24.3 Å². The largest absolute Gasteiger partial charge is 0.294 e.